The summed E-state index contributed by atoms with van der Waals surface area (Å²) in [5.74, 6) is -0.122. The number of methoxy groups -OCH3 is 2. The van der Waals surface area contributed by atoms with Crippen molar-refractivity contribution < 1.29 is 47.6 Å². The van der Waals surface area contributed by atoms with E-state index in [9.17, 15) is 19.2 Å². The minimum absolute atomic E-state index is 0.306. The van der Waals surface area contributed by atoms with Crippen molar-refractivity contribution in [1.82, 2.24) is 0 Å². The van der Waals surface area contributed by atoms with Crippen LogP contribution < -0.4 is 19.3 Å². The lowest BCUT2D eigenvalue weighted by Crippen LogP contribution is -2.21. The molecule has 12 nitrogen and oxygen atoms in total. The molecule has 4 aliphatic rings. The number of benzene rings is 2. The van der Waals surface area contributed by atoms with Crippen LogP contribution >= 0.6 is 0 Å². The van der Waals surface area contributed by atoms with Gasteiger partial charge in [-0.15, -0.1) is 13.2 Å². The monoisotopic (exact) mass is 939 g/mol. The molecule has 0 unspecified atom stereocenters. The molecule has 2 saturated heterocycles. The number of rotatable bonds is 21. The van der Waals surface area contributed by atoms with Crippen LogP contribution in [0.1, 0.15) is 128 Å². The molecule has 2 aromatic carbocycles. The van der Waals surface area contributed by atoms with Crippen LogP contribution in [0, 0.1) is 0 Å². The molecule has 0 spiro atoms. The van der Waals surface area contributed by atoms with Crippen LogP contribution in [0.25, 0.3) is 0 Å². The van der Waals surface area contributed by atoms with E-state index in [1.54, 1.807) is 54.4 Å². The van der Waals surface area contributed by atoms with Gasteiger partial charge in [-0.05, 0) is 151 Å². The molecule has 3 heterocycles. The summed E-state index contributed by atoms with van der Waals surface area (Å²) in [7, 11) is 3.19. The highest BCUT2D eigenvalue weighted by Crippen LogP contribution is 2.39. The van der Waals surface area contributed by atoms with Crippen LogP contribution in [-0.4, -0.2) is 88.7 Å². The number of allylic oxidation sites excluding steroid dienone is 8. The highest BCUT2D eigenvalue weighted by Gasteiger charge is 2.60. The van der Waals surface area contributed by atoms with Crippen LogP contribution in [0.15, 0.2) is 110 Å². The predicted molar refractivity (Wildman–Crippen MR) is 270 cm³/mol. The quantitative estimate of drug-likeness (QED) is 0.0388. The van der Waals surface area contributed by atoms with E-state index in [0.29, 0.717) is 38.6 Å². The van der Waals surface area contributed by atoms with E-state index in [0.717, 1.165) is 74.9 Å². The second kappa shape index (κ2) is 32.8. The van der Waals surface area contributed by atoms with Crippen LogP contribution in [0.4, 0.5) is 11.4 Å². The summed E-state index contributed by atoms with van der Waals surface area (Å²) < 4.78 is 31.9. The van der Waals surface area contributed by atoms with Gasteiger partial charge in [0.15, 0.2) is 24.2 Å². The van der Waals surface area contributed by atoms with Crippen molar-refractivity contribution in [2.75, 3.05) is 50.4 Å². The number of hydrogen-bond donors (Lipinski definition) is 0. The molecule has 2 aromatic rings. The zero-order valence-electron chi connectivity index (χ0n) is 40.9. The molecular weight excluding hydrogens is 861 g/mol. The van der Waals surface area contributed by atoms with E-state index in [4.69, 9.17) is 28.4 Å². The zero-order chi connectivity index (χ0) is 48.6. The Morgan fingerprint density at radius 3 is 1.40 bits per heavy atom. The number of cyclic esters (lactones) is 2. The number of unbranched alkanes of at least 4 members (excludes halogenated alkanes) is 7. The molecule has 12 heteroatoms. The van der Waals surface area contributed by atoms with Gasteiger partial charge in [0, 0.05) is 11.4 Å². The van der Waals surface area contributed by atoms with Gasteiger partial charge in [0.2, 0.25) is 0 Å². The Morgan fingerprint density at radius 2 is 0.941 bits per heavy atom. The van der Waals surface area contributed by atoms with Crippen molar-refractivity contribution in [3.63, 3.8) is 0 Å². The topological polar surface area (TPSA) is 130 Å². The predicted octanol–water partition coefficient (Wildman–Crippen LogP) is 11.5. The van der Waals surface area contributed by atoms with E-state index in [1.165, 1.54) is 64.2 Å². The third-order valence-corrected chi connectivity index (χ3v) is 11.9. The summed E-state index contributed by atoms with van der Waals surface area (Å²) in [5, 5.41) is 0. The molecule has 0 aromatic heterocycles. The average molecular weight is 939 g/mol. The Morgan fingerprint density at radius 1 is 0.544 bits per heavy atom. The summed E-state index contributed by atoms with van der Waals surface area (Å²) >= 11 is 0. The van der Waals surface area contributed by atoms with Gasteiger partial charge in [-0.2, -0.15) is 0 Å². The average Bonchev–Trinajstić information content (AvgIpc) is 4.28. The van der Waals surface area contributed by atoms with Gasteiger partial charge in [-0.3, -0.25) is 0 Å². The van der Waals surface area contributed by atoms with E-state index < -0.39 is 36.1 Å². The number of nitrogens with zero attached hydrogens (tertiary/aromatic N) is 2. The first-order chi connectivity index (χ1) is 33.4. The Labute approximate surface area is 406 Å². The zero-order valence-corrected chi connectivity index (χ0v) is 40.9. The third kappa shape index (κ3) is 19.8. The molecule has 3 aliphatic heterocycles. The van der Waals surface area contributed by atoms with Gasteiger partial charge in [0.25, 0.3) is 0 Å². The minimum atomic E-state index is -0.661. The highest BCUT2D eigenvalue weighted by atomic mass is 16.6. The van der Waals surface area contributed by atoms with Crippen molar-refractivity contribution in [3.05, 3.63) is 110 Å². The van der Waals surface area contributed by atoms with Gasteiger partial charge in [-0.25, -0.2) is 19.2 Å². The summed E-state index contributed by atoms with van der Waals surface area (Å²) in [6.07, 6.45) is 38.8. The molecule has 0 saturated carbocycles. The van der Waals surface area contributed by atoms with Crippen molar-refractivity contribution in [3.8, 4) is 11.5 Å². The Bertz CT molecular complexity index is 1850. The Kier molecular flexibility index (Phi) is 26.5. The molecular formula is C56H78N2O10. The molecule has 4 atom stereocenters. The first-order valence-electron chi connectivity index (χ1n) is 25.0. The molecule has 0 amide bonds. The first kappa shape index (κ1) is 54.8. The van der Waals surface area contributed by atoms with Crippen molar-refractivity contribution in [2.45, 2.75) is 153 Å². The summed E-state index contributed by atoms with van der Waals surface area (Å²) in [5.41, 5.74) is 1.53. The number of hydrogen-bond acceptors (Lipinski definition) is 12. The van der Waals surface area contributed by atoms with E-state index in [-0.39, 0.29) is 11.9 Å². The van der Waals surface area contributed by atoms with E-state index in [1.807, 2.05) is 30.3 Å². The maximum atomic E-state index is 12.8. The molecule has 2 fully saturated rings. The third-order valence-electron chi connectivity index (χ3n) is 11.9. The van der Waals surface area contributed by atoms with Crippen molar-refractivity contribution in [1.29, 1.82) is 0 Å². The maximum absolute atomic E-state index is 12.8. The van der Waals surface area contributed by atoms with Crippen LogP contribution in [0.2, 0.25) is 0 Å². The number of ether oxygens (including phenoxy) is 6. The Balaban J connectivity index is 0.000000263. The van der Waals surface area contributed by atoms with Crippen LogP contribution in [0.3, 0.4) is 0 Å². The molecule has 68 heavy (non-hydrogen) atoms. The maximum Gasteiger partial charge on any atom is 0.331 e. The smallest absolute Gasteiger partial charge is 0.331 e. The SMILES string of the molecule is C1=CCCCCCC1.C=CCCCCCC/C=C/CCCOC(=O)[C@H]1[C@H](C(=O)OCCCC=C)N1c1ccc(OC)cc1.COc1ccc(N2[C@H]3C(=O)OCCC/C=C\CCCOC(=O)[C@@H]32)cc1. The molecule has 6 rings (SSSR count). The van der Waals surface area contributed by atoms with Crippen molar-refractivity contribution >= 4 is 35.3 Å². The number of esters is 4. The van der Waals surface area contributed by atoms with Gasteiger partial charge >= 0.3 is 23.9 Å². The van der Waals surface area contributed by atoms with Gasteiger partial charge in [-0.1, -0.05) is 74.3 Å². The van der Waals surface area contributed by atoms with Crippen molar-refractivity contribution in [2.24, 2.45) is 0 Å². The Hall–Kier alpha value is -5.78. The van der Waals surface area contributed by atoms with E-state index in [2.05, 4.69) is 49.6 Å². The second-order valence-electron chi connectivity index (χ2n) is 17.2. The van der Waals surface area contributed by atoms with Crippen LogP contribution in [0.5, 0.6) is 11.5 Å². The van der Waals surface area contributed by atoms with E-state index >= 15 is 0 Å². The fourth-order valence-electron chi connectivity index (χ4n) is 7.94. The molecule has 372 valence electrons. The minimum Gasteiger partial charge on any atom is -0.497 e. The fraction of sp³-hybridized carbons (Fsp3) is 0.536. The highest BCUT2D eigenvalue weighted by molar-refractivity contribution is 6.01. The lowest BCUT2D eigenvalue weighted by atomic mass is 10.1. The summed E-state index contributed by atoms with van der Waals surface area (Å²) in [6.45, 7) is 8.77. The number of fused-ring (bicyclic) bond motifs is 1. The molecule has 0 N–H and O–H groups in total. The number of anilines is 2. The summed E-state index contributed by atoms with van der Waals surface area (Å²) in [6, 6.07) is 12.0. The standard InChI is InChI=1S/C29H41NO5.C19H23NO5.C8H14/c1-4-6-8-9-10-11-12-13-14-15-17-23-35-29(32)27-26(28(31)34-22-16-7-5-2)30(27)24-18-20-25(33-3)21-19-24;1-23-15-10-8-14(9-11-15)20-16-17(20)19(22)25-13-7-5-3-2-4-6-12-24-18(16)21;1-2-4-6-8-7-5-3-1/h4-5,13-14,18-21,26-27H,1-2,6-12,15-17,22-23H2,3H3;2-3,8-11,16-17H,4-7,12-13H2,1H3;1-2H,3-8H2/b14-13+;3-2-;/t26-,27-,30?;16-,17-;/m11./s1. The second-order valence-corrected chi connectivity index (χ2v) is 17.2. The van der Waals surface area contributed by atoms with Gasteiger partial charge < -0.3 is 38.2 Å². The number of carbonyl (C=O) groups is 4. The largest absolute Gasteiger partial charge is 0.497 e. The normalized spacial score (nSPS) is 20.7. The lowest BCUT2D eigenvalue weighted by molar-refractivity contribution is -0.147. The molecule has 1 aliphatic carbocycles. The number of carbonyl (C=O) groups excluding carboxylic acids is 4. The van der Waals surface area contributed by atoms with Gasteiger partial charge in [0.1, 0.15) is 11.5 Å². The lowest BCUT2D eigenvalue weighted by Gasteiger charge is -2.08. The van der Waals surface area contributed by atoms with Gasteiger partial charge in [0.05, 0.1) is 40.6 Å². The van der Waals surface area contributed by atoms with Crippen LogP contribution in [-0.2, 0) is 38.1 Å². The molecule has 0 bridgehead atoms. The molecule has 0 radical (unpaired) electrons. The summed E-state index contributed by atoms with van der Waals surface area (Å²) in [4.78, 5) is 53.6. The fourth-order valence-corrected chi connectivity index (χ4v) is 7.94. The first-order valence-corrected chi connectivity index (χ1v) is 25.0.